The predicted octanol–water partition coefficient (Wildman–Crippen LogP) is 6.12. The van der Waals surface area contributed by atoms with Crippen LogP contribution in [0.25, 0.3) is 22.3 Å². The third-order valence-electron chi connectivity index (χ3n) is 5.67. The lowest BCUT2D eigenvalue weighted by Gasteiger charge is -2.32. The van der Waals surface area contributed by atoms with E-state index in [0.29, 0.717) is 58.7 Å². The number of aromatic nitrogens is 2. The van der Waals surface area contributed by atoms with Crippen molar-refractivity contribution in [1.29, 1.82) is 0 Å². The minimum Gasteiger partial charge on any atom is -0.478 e. The van der Waals surface area contributed by atoms with Gasteiger partial charge in [-0.15, -0.1) is 13.2 Å². The van der Waals surface area contributed by atoms with Crippen molar-refractivity contribution in [2.45, 2.75) is 19.2 Å². The molecule has 0 amide bonds. The van der Waals surface area contributed by atoms with Gasteiger partial charge in [-0.25, -0.2) is 19.2 Å². The highest BCUT2D eigenvalue weighted by atomic mass is 19.4. The van der Waals surface area contributed by atoms with Crippen LogP contribution in [0.4, 0.5) is 29.1 Å². The van der Waals surface area contributed by atoms with Crippen LogP contribution in [0.5, 0.6) is 5.75 Å². The van der Waals surface area contributed by atoms with Gasteiger partial charge in [-0.05, 0) is 79.1 Å². The molecular weight excluding hydrogens is 466 g/mol. The van der Waals surface area contributed by atoms with Crippen LogP contribution >= 0.6 is 0 Å². The molecule has 1 aliphatic rings. The summed E-state index contributed by atoms with van der Waals surface area (Å²) in [5.41, 5.74) is 3.13. The van der Waals surface area contributed by atoms with Gasteiger partial charge in [0.25, 0.3) is 0 Å². The predicted molar refractivity (Wildman–Crippen MR) is 120 cm³/mol. The molecule has 10 heteroatoms. The molecular formula is C25H17F4N3O3. The van der Waals surface area contributed by atoms with E-state index in [-0.39, 0.29) is 11.3 Å². The Hall–Kier alpha value is -4.21. The maximum atomic E-state index is 13.6. The van der Waals surface area contributed by atoms with Crippen LogP contribution in [0, 0.1) is 5.82 Å². The van der Waals surface area contributed by atoms with E-state index in [0.717, 1.165) is 0 Å². The van der Waals surface area contributed by atoms with Gasteiger partial charge in [0, 0.05) is 17.8 Å². The molecule has 2 heterocycles. The van der Waals surface area contributed by atoms with Gasteiger partial charge in [-0.1, -0.05) is 0 Å². The molecule has 0 bridgehead atoms. The molecule has 0 saturated heterocycles. The molecule has 4 aromatic rings. The molecule has 0 fully saturated rings. The van der Waals surface area contributed by atoms with Crippen molar-refractivity contribution in [3.63, 3.8) is 0 Å². The first-order chi connectivity index (χ1) is 16.7. The Morgan fingerprint density at radius 2 is 1.74 bits per heavy atom. The summed E-state index contributed by atoms with van der Waals surface area (Å²) in [7, 11) is 0. The monoisotopic (exact) mass is 483 g/mol. The number of anilines is 2. The first-order valence-electron chi connectivity index (χ1n) is 10.7. The third kappa shape index (κ3) is 4.59. The van der Waals surface area contributed by atoms with Crippen molar-refractivity contribution in [1.82, 2.24) is 9.97 Å². The van der Waals surface area contributed by atoms with E-state index in [1.165, 1.54) is 42.5 Å². The van der Waals surface area contributed by atoms with Crippen molar-refractivity contribution < 1.29 is 32.2 Å². The third-order valence-corrected chi connectivity index (χ3v) is 5.67. The van der Waals surface area contributed by atoms with Crippen molar-refractivity contribution in [2.75, 3.05) is 11.4 Å². The number of hydrogen-bond acceptors (Lipinski definition) is 5. The minimum atomic E-state index is -4.80. The summed E-state index contributed by atoms with van der Waals surface area (Å²) in [6, 6.07) is 14.2. The van der Waals surface area contributed by atoms with Crippen LogP contribution in [0.1, 0.15) is 22.3 Å². The number of rotatable bonds is 4. The van der Waals surface area contributed by atoms with Crippen molar-refractivity contribution in [2.24, 2.45) is 0 Å². The molecule has 0 radical (unpaired) electrons. The summed E-state index contributed by atoms with van der Waals surface area (Å²) in [4.78, 5) is 22.7. The first-order valence-corrected chi connectivity index (χ1v) is 10.7. The van der Waals surface area contributed by atoms with Crippen LogP contribution in [-0.2, 0) is 6.42 Å². The van der Waals surface area contributed by atoms with E-state index in [1.807, 2.05) is 4.90 Å². The van der Waals surface area contributed by atoms with Gasteiger partial charge < -0.3 is 14.7 Å². The quantitative estimate of drug-likeness (QED) is 0.353. The number of hydrogen-bond donors (Lipinski definition) is 1. The molecule has 0 saturated carbocycles. The zero-order valence-electron chi connectivity index (χ0n) is 18.0. The van der Waals surface area contributed by atoms with Crippen LogP contribution in [0.3, 0.4) is 0 Å². The number of aryl methyl sites for hydroxylation is 1. The van der Waals surface area contributed by atoms with Gasteiger partial charge in [0.15, 0.2) is 5.82 Å². The maximum absolute atomic E-state index is 13.6. The van der Waals surface area contributed by atoms with Crippen LogP contribution in [0.15, 0.2) is 60.7 Å². The molecule has 1 N–H and O–H groups in total. The highest BCUT2D eigenvalue weighted by Crippen LogP contribution is 2.40. The summed E-state index contributed by atoms with van der Waals surface area (Å²) in [6.45, 7) is 0.499. The van der Waals surface area contributed by atoms with Crippen molar-refractivity contribution >= 4 is 28.5 Å². The van der Waals surface area contributed by atoms with Crippen LogP contribution < -0.4 is 9.64 Å². The van der Waals surface area contributed by atoms with Gasteiger partial charge in [-0.3, -0.25) is 0 Å². The number of carboxylic acids is 1. The largest absolute Gasteiger partial charge is 0.573 e. The summed E-state index contributed by atoms with van der Waals surface area (Å²) in [6.07, 6.45) is -3.64. The average molecular weight is 483 g/mol. The molecule has 0 atom stereocenters. The number of alkyl halides is 3. The number of aromatic carboxylic acids is 1. The maximum Gasteiger partial charge on any atom is 0.573 e. The smallest absolute Gasteiger partial charge is 0.478 e. The number of nitrogens with zero attached hydrogens (tertiary/aromatic N) is 3. The van der Waals surface area contributed by atoms with Crippen LogP contribution in [-0.4, -0.2) is 34.0 Å². The topological polar surface area (TPSA) is 75.5 Å². The minimum absolute atomic E-state index is 0.0419. The number of ether oxygens (including phenoxy) is 1. The summed E-state index contributed by atoms with van der Waals surface area (Å²) >= 11 is 0. The second-order valence-electron chi connectivity index (χ2n) is 8.00. The van der Waals surface area contributed by atoms with Crippen LogP contribution in [0.2, 0.25) is 0 Å². The van der Waals surface area contributed by atoms with E-state index in [1.54, 1.807) is 18.2 Å². The Bertz CT molecular complexity index is 1440. The first kappa shape index (κ1) is 22.6. The molecule has 6 nitrogen and oxygen atoms in total. The molecule has 1 aromatic heterocycles. The second kappa shape index (κ2) is 8.53. The number of carboxylic acid groups (broad SMARTS) is 1. The zero-order valence-corrected chi connectivity index (χ0v) is 18.0. The Kier molecular flexibility index (Phi) is 5.50. The highest BCUT2D eigenvalue weighted by Gasteiger charge is 2.32. The summed E-state index contributed by atoms with van der Waals surface area (Å²) in [5.74, 6) is -1.46. The molecule has 35 heavy (non-hydrogen) atoms. The van der Waals surface area contributed by atoms with Gasteiger partial charge >= 0.3 is 12.3 Å². The van der Waals surface area contributed by atoms with Crippen molar-refractivity contribution in [3.05, 3.63) is 77.6 Å². The fourth-order valence-electron chi connectivity index (χ4n) is 4.16. The Morgan fingerprint density at radius 1 is 0.971 bits per heavy atom. The van der Waals surface area contributed by atoms with Gasteiger partial charge in [-0.2, -0.15) is 0 Å². The molecule has 0 spiro atoms. The Morgan fingerprint density at radius 3 is 2.46 bits per heavy atom. The van der Waals surface area contributed by atoms with E-state index >= 15 is 0 Å². The fourth-order valence-corrected chi connectivity index (χ4v) is 4.16. The Balaban J connectivity index is 1.68. The Labute approximate surface area is 196 Å². The zero-order chi connectivity index (χ0) is 24.7. The molecule has 3 aromatic carbocycles. The molecule has 178 valence electrons. The van der Waals surface area contributed by atoms with E-state index in [2.05, 4.69) is 4.74 Å². The highest BCUT2D eigenvalue weighted by molar-refractivity contribution is 5.94. The van der Waals surface area contributed by atoms with E-state index in [9.17, 15) is 27.5 Å². The van der Waals surface area contributed by atoms with Crippen molar-refractivity contribution in [3.8, 4) is 17.0 Å². The number of halogens is 4. The number of benzene rings is 3. The normalized spacial score (nSPS) is 13.5. The van der Waals surface area contributed by atoms with Gasteiger partial charge in [0.2, 0.25) is 0 Å². The number of fused-ring (bicyclic) bond motifs is 2. The lowest BCUT2D eigenvalue weighted by atomic mass is 10.0. The molecule has 5 rings (SSSR count). The molecule has 1 aliphatic heterocycles. The molecule has 0 aliphatic carbocycles. The second-order valence-corrected chi connectivity index (χ2v) is 8.00. The summed E-state index contributed by atoms with van der Waals surface area (Å²) in [5, 5.41) is 9.37. The van der Waals surface area contributed by atoms with E-state index in [4.69, 9.17) is 9.97 Å². The van der Waals surface area contributed by atoms with E-state index < -0.39 is 18.1 Å². The fraction of sp³-hybridized carbons (Fsp3) is 0.160. The van der Waals surface area contributed by atoms with Gasteiger partial charge in [0.05, 0.1) is 16.6 Å². The van der Waals surface area contributed by atoms with Gasteiger partial charge in [0.1, 0.15) is 17.3 Å². The lowest BCUT2D eigenvalue weighted by molar-refractivity contribution is -0.274. The number of carbonyl (C=O) groups is 1. The average Bonchev–Trinajstić information content (AvgIpc) is 2.82. The lowest BCUT2D eigenvalue weighted by Crippen LogP contribution is -2.26. The SMILES string of the molecule is O=C(O)c1ccc2nc(-c3ccc(F)cc3)c(N3CCCc4cc(OC(F)(F)F)ccc43)nc2c1. The standard InChI is InChI=1S/C25H17F4N3O3/c26-17-6-3-14(4-7-17)22-23(31-20-13-16(24(33)34)5-9-19(20)30-22)32-11-1-2-15-12-18(8-10-21(15)32)35-25(27,28)29/h3-10,12-13H,1-2,11H2,(H,33,34). The summed E-state index contributed by atoms with van der Waals surface area (Å²) < 4.78 is 55.8. The molecule has 0 unspecified atom stereocenters.